The summed E-state index contributed by atoms with van der Waals surface area (Å²) >= 11 is 0. The SMILES string of the molecule is O=C1COc2ccccc2N1Cc1nc(-c2ccc3c(c2)nnn3C2CCCC2)no1. The molecule has 1 fully saturated rings. The first kappa shape index (κ1) is 18.1. The molecule has 1 aliphatic carbocycles. The molecule has 3 heterocycles. The third kappa shape index (κ3) is 3.13. The Kier molecular flexibility index (Phi) is 4.19. The van der Waals surface area contributed by atoms with E-state index >= 15 is 0 Å². The normalized spacial score (nSPS) is 16.6. The van der Waals surface area contributed by atoms with E-state index in [0.29, 0.717) is 29.2 Å². The Morgan fingerprint density at radius 2 is 1.97 bits per heavy atom. The van der Waals surface area contributed by atoms with Crippen molar-refractivity contribution in [2.75, 3.05) is 11.5 Å². The fourth-order valence-corrected chi connectivity index (χ4v) is 4.40. The van der Waals surface area contributed by atoms with E-state index in [1.165, 1.54) is 12.8 Å². The van der Waals surface area contributed by atoms with Gasteiger partial charge in [0.25, 0.3) is 5.91 Å². The summed E-state index contributed by atoms with van der Waals surface area (Å²) in [6.45, 7) is 0.178. The lowest BCUT2D eigenvalue weighted by Crippen LogP contribution is -2.38. The maximum atomic E-state index is 12.4. The minimum absolute atomic E-state index is 0.00860. The van der Waals surface area contributed by atoms with Gasteiger partial charge < -0.3 is 9.26 Å². The maximum absolute atomic E-state index is 12.4. The topological polar surface area (TPSA) is 99.2 Å². The van der Waals surface area contributed by atoms with Gasteiger partial charge in [-0.15, -0.1) is 5.10 Å². The number of nitrogens with zero attached hydrogens (tertiary/aromatic N) is 6. The van der Waals surface area contributed by atoms with E-state index < -0.39 is 0 Å². The fourth-order valence-electron chi connectivity index (χ4n) is 4.40. The zero-order chi connectivity index (χ0) is 20.8. The summed E-state index contributed by atoms with van der Waals surface area (Å²) in [5.41, 5.74) is 3.33. The Balaban J connectivity index is 1.27. The number of ether oxygens (including phenoxy) is 1. The molecular formula is C22H20N6O3. The van der Waals surface area contributed by atoms with Crippen molar-refractivity contribution < 1.29 is 14.1 Å². The summed E-state index contributed by atoms with van der Waals surface area (Å²) in [5, 5.41) is 12.8. The standard InChI is InChI=1S/C22H20N6O3/c29-21-13-30-19-8-4-3-7-18(19)27(21)12-20-23-22(25-31-20)14-9-10-17-16(11-14)24-26-28(17)15-5-1-2-6-15/h3-4,7-11,15H,1-2,5-6,12-13H2. The quantitative estimate of drug-likeness (QED) is 0.502. The molecule has 31 heavy (non-hydrogen) atoms. The van der Waals surface area contributed by atoms with Gasteiger partial charge in [0.1, 0.15) is 17.8 Å². The van der Waals surface area contributed by atoms with Crippen LogP contribution in [0, 0.1) is 0 Å². The second kappa shape index (κ2) is 7.19. The van der Waals surface area contributed by atoms with E-state index in [2.05, 4.69) is 20.5 Å². The van der Waals surface area contributed by atoms with E-state index in [-0.39, 0.29) is 19.1 Å². The van der Waals surface area contributed by atoms with Crippen LogP contribution in [0.3, 0.4) is 0 Å². The number of benzene rings is 2. The Morgan fingerprint density at radius 3 is 2.87 bits per heavy atom. The van der Waals surface area contributed by atoms with Crippen LogP contribution in [0.5, 0.6) is 5.75 Å². The summed E-state index contributed by atoms with van der Waals surface area (Å²) in [6, 6.07) is 13.7. The smallest absolute Gasteiger partial charge is 0.265 e. The van der Waals surface area contributed by atoms with E-state index in [9.17, 15) is 4.79 Å². The predicted molar refractivity (Wildman–Crippen MR) is 111 cm³/mol. The molecule has 2 aliphatic rings. The molecule has 0 unspecified atom stereocenters. The molecule has 1 aliphatic heterocycles. The van der Waals surface area contributed by atoms with Crippen LogP contribution >= 0.6 is 0 Å². The zero-order valence-corrected chi connectivity index (χ0v) is 16.8. The number of para-hydroxylation sites is 2. The van der Waals surface area contributed by atoms with Gasteiger partial charge in [-0.3, -0.25) is 9.69 Å². The average Bonchev–Trinajstić information content (AvgIpc) is 3.56. The highest BCUT2D eigenvalue weighted by molar-refractivity contribution is 5.97. The number of aromatic nitrogens is 5. The summed E-state index contributed by atoms with van der Waals surface area (Å²) in [4.78, 5) is 18.5. The minimum atomic E-state index is -0.150. The Morgan fingerprint density at radius 1 is 1.10 bits per heavy atom. The summed E-state index contributed by atoms with van der Waals surface area (Å²) in [5.74, 6) is 1.33. The van der Waals surface area contributed by atoms with Crippen LogP contribution in [0.2, 0.25) is 0 Å². The molecule has 156 valence electrons. The Bertz CT molecular complexity index is 1270. The molecule has 1 saturated carbocycles. The van der Waals surface area contributed by atoms with Gasteiger partial charge >= 0.3 is 0 Å². The van der Waals surface area contributed by atoms with Gasteiger partial charge in [-0.25, -0.2) is 4.68 Å². The van der Waals surface area contributed by atoms with Crippen molar-refractivity contribution in [3.63, 3.8) is 0 Å². The van der Waals surface area contributed by atoms with Crippen LogP contribution in [-0.4, -0.2) is 37.6 Å². The molecule has 9 nitrogen and oxygen atoms in total. The highest BCUT2D eigenvalue weighted by Gasteiger charge is 2.27. The van der Waals surface area contributed by atoms with Crippen molar-refractivity contribution in [2.24, 2.45) is 0 Å². The Labute approximate surface area is 177 Å². The van der Waals surface area contributed by atoms with E-state index in [1.807, 2.05) is 47.1 Å². The van der Waals surface area contributed by atoms with Crippen LogP contribution < -0.4 is 9.64 Å². The van der Waals surface area contributed by atoms with Gasteiger partial charge in [-0.2, -0.15) is 4.98 Å². The second-order valence-electron chi connectivity index (χ2n) is 7.92. The van der Waals surface area contributed by atoms with E-state index in [1.54, 1.807) is 4.90 Å². The minimum Gasteiger partial charge on any atom is -0.482 e. The first-order valence-electron chi connectivity index (χ1n) is 10.5. The highest BCUT2D eigenvalue weighted by atomic mass is 16.5. The van der Waals surface area contributed by atoms with Crippen LogP contribution in [0.4, 0.5) is 5.69 Å². The molecule has 0 atom stereocenters. The molecule has 0 saturated heterocycles. The fraction of sp³-hybridized carbons (Fsp3) is 0.318. The molecule has 6 rings (SSSR count). The third-order valence-electron chi connectivity index (χ3n) is 5.97. The van der Waals surface area contributed by atoms with Crippen LogP contribution in [0.1, 0.15) is 37.6 Å². The lowest BCUT2D eigenvalue weighted by Gasteiger charge is -2.27. The molecule has 2 aromatic heterocycles. The molecule has 0 N–H and O–H groups in total. The molecule has 2 aromatic carbocycles. The van der Waals surface area contributed by atoms with Crippen LogP contribution in [0.25, 0.3) is 22.4 Å². The zero-order valence-electron chi connectivity index (χ0n) is 16.8. The number of anilines is 1. The number of carbonyl (C=O) groups is 1. The largest absolute Gasteiger partial charge is 0.482 e. The van der Waals surface area contributed by atoms with Crippen molar-refractivity contribution in [1.82, 2.24) is 25.1 Å². The maximum Gasteiger partial charge on any atom is 0.265 e. The molecular weight excluding hydrogens is 396 g/mol. The van der Waals surface area contributed by atoms with Gasteiger partial charge in [-0.05, 0) is 43.2 Å². The van der Waals surface area contributed by atoms with Gasteiger partial charge in [0.05, 0.1) is 17.2 Å². The molecule has 4 aromatic rings. The van der Waals surface area contributed by atoms with Crippen molar-refractivity contribution in [2.45, 2.75) is 38.3 Å². The van der Waals surface area contributed by atoms with Gasteiger partial charge in [0, 0.05) is 5.56 Å². The predicted octanol–water partition coefficient (Wildman–Crippen LogP) is 3.52. The number of carbonyl (C=O) groups excluding carboxylic acids is 1. The first-order valence-corrected chi connectivity index (χ1v) is 10.5. The number of rotatable bonds is 4. The van der Waals surface area contributed by atoms with Crippen molar-refractivity contribution >= 4 is 22.6 Å². The van der Waals surface area contributed by atoms with Crippen molar-refractivity contribution in [1.29, 1.82) is 0 Å². The average molecular weight is 416 g/mol. The van der Waals surface area contributed by atoms with Gasteiger partial charge in [0.2, 0.25) is 11.7 Å². The van der Waals surface area contributed by atoms with Crippen molar-refractivity contribution in [3.8, 4) is 17.1 Å². The number of hydrogen-bond acceptors (Lipinski definition) is 7. The van der Waals surface area contributed by atoms with Crippen molar-refractivity contribution in [3.05, 3.63) is 48.4 Å². The summed E-state index contributed by atoms with van der Waals surface area (Å²) in [7, 11) is 0. The monoisotopic (exact) mass is 416 g/mol. The second-order valence-corrected chi connectivity index (χ2v) is 7.92. The number of fused-ring (bicyclic) bond motifs is 2. The van der Waals surface area contributed by atoms with Crippen LogP contribution in [-0.2, 0) is 11.3 Å². The Hall–Kier alpha value is -3.75. The van der Waals surface area contributed by atoms with E-state index in [0.717, 1.165) is 29.4 Å². The molecule has 9 heteroatoms. The molecule has 0 spiro atoms. The third-order valence-corrected chi connectivity index (χ3v) is 5.97. The number of amides is 1. The summed E-state index contributed by atoms with van der Waals surface area (Å²) in [6.07, 6.45) is 4.79. The lowest BCUT2D eigenvalue weighted by atomic mass is 10.1. The number of hydrogen-bond donors (Lipinski definition) is 0. The lowest BCUT2D eigenvalue weighted by molar-refractivity contribution is -0.121. The van der Waals surface area contributed by atoms with E-state index in [4.69, 9.17) is 9.26 Å². The van der Waals surface area contributed by atoms with Gasteiger partial charge in [-0.1, -0.05) is 35.3 Å². The summed E-state index contributed by atoms with van der Waals surface area (Å²) < 4.78 is 13.0. The highest BCUT2D eigenvalue weighted by Crippen LogP contribution is 2.33. The van der Waals surface area contributed by atoms with Gasteiger partial charge in [0.15, 0.2) is 6.61 Å². The molecule has 0 bridgehead atoms. The first-order chi connectivity index (χ1) is 15.3. The molecule has 1 amide bonds. The molecule has 0 radical (unpaired) electrons. The van der Waals surface area contributed by atoms with Crippen LogP contribution in [0.15, 0.2) is 47.0 Å².